The molecule has 1 aromatic heterocycles. The molecule has 3 rings (SSSR count). The van der Waals surface area contributed by atoms with Crippen LogP contribution in [0.1, 0.15) is 29.8 Å². The van der Waals surface area contributed by atoms with Gasteiger partial charge >= 0.3 is 0 Å². The van der Waals surface area contributed by atoms with Gasteiger partial charge in [0.25, 0.3) is 5.91 Å². The highest BCUT2D eigenvalue weighted by molar-refractivity contribution is 5.92. The third kappa shape index (κ3) is 4.80. The molecule has 1 unspecified atom stereocenters. The normalized spacial score (nSPS) is 17.2. The van der Waals surface area contributed by atoms with E-state index < -0.39 is 0 Å². The lowest BCUT2D eigenvalue weighted by Gasteiger charge is -2.22. The Morgan fingerprint density at radius 1 is 1.25 bits per heavy atom. The average molecular weight is 325 g/mol. The van der Waals surface area contributed by atoms with Crippen LogP contribution < -0.4 is 15.4 Å². The molecule has 0 bridgehead atoms. The Morgan fingerprint density at radius 2 is 2.12 bits per heavy atom. The zero-order chi connectivity index (χ0) is 16.6. The van der Waals surface area contributed by atoms with E-state index in [1.807, 2.05) is 30.3 Å². The lowest BCUT2D eigenvalue weighted by molar-refractivity contribution is 0.0945. The quantitative estimate of drug-likeness (QED) is 0.857. The van der Waals surface area contributed by atoms with Gasteiger partial charge < -0.3 is 15.4 Å². The molecule has 126 valence electrons. The van der Waals surface area contributed by atoms with Gasteiger partial charge in [-0.1, -0.05) is 18.2 Å². The summed E-state index contributed by atoms with van der Waals surface area (Å²) in [6, 6.07) is 12.9. The summed E-state index contributed by atoms with van der Waals surface area (Å²) in [4.78, 5) is 16.4. The van der Waals surface area contributed by atoms with Crippen LogP contribution in [0.4, 0.5) is 0 Å². The first kappa shape index (κ1) is 16.5. The Bertz CT molecular complexity index is 655. The summed E-state index contributed by atoms with van der Waals surface area (Å²) < 4.78 is 5.74. The van der Waals surface area contributed by atoms with Gasteiger partial charge in [0, 0.05) is 18.8 Å². The standard InChI is InChI=1S/C19H23N3O2/c23-19(22-11-8-15-5-4-10-20-14-15)18-13-17(9-12-21-18)24-16-6-2-1-3-7-16/h1-3,6-7,9,12-13,15,20H,4-5,8,10-11,14H2,(H,22,23). The van der Waals surface area contributed by atoms with Gasteiger partial charge in [-0.05, 0) is 56.5 Å². The number of hydrogen-bond acceptors (Lipinski definition) is 4. The summed E-state index contributed by atoms with van der Waals surface area (Å²) in [6.07, 6.45) is 5.05. The van der Waals surface area contributed by atoms with Gasteiger partial charge in [0.2, 0.25) is 0 Å². The SMILES string of the molecule is O=C(NCCC1CCCNC1)c1cc(Oc2ccccc2)ccn1. The highest BCUT2D eigenvalue weighted by Crippen LogP contribution is 2.20. The number of para-hydroxylation sites is 1. The van der Waals surface area contributed by atoms with Crippen molar-refractivity contribution >= 4 is 5.91 Å². The van der Waals surface area contributed by atoms with Crippen LogP contribution in [0.15, 0.2) is 48.7 Å². The highest BCUT2D eigenvalue weighted by atomic mass is 16.5. The molecular weight excluding hydrogens is 302 g/mol. The monoisotopic (exact) mass is 325 g/mol. The Balaban J connectivity index is 1.52. The van der Waals surface area contributed by atoms with Crippen LogP contribution in [0.3, 0.4) is 0 Å². The number of carbonyl (C=O) groups is 1. The Hall–Kier alpha value is -2.40. The van der Waals surface area contributed by atoms with E-state index in [4.69, 9.17) is 4.74 Å². The molecule has 1 saturated heterocycles. The zero-order valence-corrected chi connectivity index (χ0v) is 13.7. The molecule has 0 saturated carbocycles. The van der Waals surface area contributed by atoms with Crippen LogP contribution in [0, 0.1) is 5.92 Å². The number of ether oxygens (including phenoxy) is 1. The third-order valence-electron chi connectivity index (χ3n) is 4.18. The van der Waals surface area contributed by atoms with Crippen molar-refractivity contribution in [3.05, 3.63) is 54.4 Å². The molecule has 1 fully saturated rings. The largest absolute Gasteiger partial charge is 0.457 e. The topological polar surface area (TPSA) is 63.2 Å². The smallest absolute Gasteiger partial charge is 0.270 e. The second kappa shape index (κ2) is 8.45. The average Bonchev–Trinajstić information content (AvgIpc) is 2.64. The summed E-state index contributed by atoms with van der Waals surface area (Å²) in [6.45, 7) is 2.84. The van der Waals surface area contributed by atoms with Gasteiger partial charge in [-0.3, -0.25) is 9.78 Å². The maximum atomic E-state index is 12.2. The van der Waals surface area contributed by atoms with Gasteiger partial charge in [0.05, 0.1) is 0 Å². The van der Waals surface area contributed by atoms with E-state index in [1.54, 1.807) is 18.3 Å². The van der Waals surface area contributed by atoms with Crippen molar-refractivity contribution in [2.45, 2.75) is 19.3 Å². The number of aromatic nitrogens is 1. The molecule has 1 atom stereocenters. The fourth-order valence-electron chi connectivity index (χ4n) is 2.87. The van der Waals surface area contributed by atoms with Crippen molar-refractivity contribution in [2.24, 2.45) is 5.92 Å². The maximum Gasteiger partial charge on any atom is 0.270 e. The van der Waals surface area contributed by atoms with Gasteiger partial charge in [0.1, 0.15) is 17.2 Å². The minimum Gasteiger partial charge on any atom is -0.457 e. The minimum absolute atomic E-state index is 0.155. The zero-order valence-electron chi connectivity index (χ0n) is 13.7. The van der Waals surface area contributed by atoms with E-state index in [0.29, 0.717) is 23.9 Å². The first-order valence-corrected chi connectivity index (χ1v) is 8.49. The Morgan fingerprint density at radius 3 is 2.92 bits per heavy atom. The fourth-order valence-corrected chi connectivity index (χ4v) is 2.87. The molecule has 0 radical (unpaired) electrons. The number of piperidine rings is 1. The molecule has 0 spiro atoms. The van der Waals surface area contributed by atoms with Gasteiger partial charge in [-0.25, -0.2) is 0 Å². The molecule has 24 heavy (non-hydrogen) atoms. The number of amides is 1. The molecule has 5 heteroatoms. The fraction of sp³-hybridized carbons (Fsp3) is 0.368. The number of carbonyl (C=O) groups excluding carboxylic acids is 1. The van der Waals surface area contributed by atoms with Crippen LogP contribution >= 0.6 is 0 Å². The predicted octanol–water partition coefficient (Wildman–Crippen LogP) is 2.99. The van der Waals surface area contributed by atoms with Crippen molar-refractivity contribution < 1.29 is 9.53 Å². The van der Waals surface area contributed by atoms with E-state index in [1.165, 1.54) is 12.8 Å². The molecular formula is C19H23N3O2. The summed E-state index contributed by atoms with van der Waals surface area (Å²) in [5, 5.41) is 6.35. The maximum absolute atomic E-state index is 12.2. The number of hydrogen-bond donors (Lipinski definition) is 2. The van der Waals surface area contributed by atoms with Crippen LogP contribution in [0.5, 0.6) is 11.5 Å². The summed E-state index contributed by atoms with van der Waals surface area (Å²) in [5.41, 5.74) is 0.380. The van der Waals surface area contributed by atoms with E-state index in [9.17, 15) is 4.79 Å². The lowest BCUT2D eigenvalue weighted by Crippen LogP contribution is -2.33. The van der Waals surface area contributed by atoms with E-state index in [0.717, 1.165) is 25.3 Å². The van der Waals surface area contributed by atoms with Crippen molar-refractivity contribution in [2.75, 3.05) is 19.6 Å². The van der Waals surface area contributed by atoms with E-state index in [-0.39, 0.29) is 5.91 Å². The van der Waals surface area contributed by atoms with Crippen LogP contribution in [0.25, 0.3) is 0 Å². The molecule has 2 aromatic rings. The number of pyridine rings is 1. The lowest BCUT2D eigenvalue weighted by atomic mass is 9.96. The number of benzene rings is 1. The third-order valence-corrected chi connectivity index (χ3v) is 4.18. The van der Waals surface area contributed by atoms with E-state index in [2.05, 4.69) is 15.6 Å². The first-order valence-electron chi connectivity index (χ1n) is 8.49. The summed E-state index contributed by atoms with van der Waals surface area (Å²) in [7, 11) is 0. The number of nitrogens with one attached hydrogen (secondary N) is 2. The summed E-state index contributed by atoms with van der Waals surface area (Å²) >= 11 is 0. The Labute approximate surface area is 142 Å². The summed E-state index contributed by atoms with van der Waals surface area (Å²) in [5.74, 6) is 1.84. The molecule has 1 aromatic carbocycles. The van der Waals surface area contributed by atoms with Crippen LogP contribution in [-0.4, -0.2) is 30.5 Å². The molecule has 2 heterocycles. The second-order valence-corrected chi connectivity index (χ2v) is 6.05. The molecule has 1 aliphatic heterocycles. The molecule has 2 N–H and O–H groups in total. The van der Waals surface area contributed by atoms with Gasteiger partial charge in [0.15, 0.2) is 0 Å². The molecule has 1 amide bonds. The molecule has 1 aliphatic rings. The highest BCUT2D eigenvalue weighted by Gasteiger charge is 2.14. The van der Waals surface area contributed by atoms with Crippen molar-refractivity contribution in [3.8, 4) is 11.5 Å². The van der Waals surface area contributed by atoms with Crippen molar-refractivity contribution in [3.63, 3.8) is 0 Å². The first-order chi connectivity index (χ1) is 11.8. The van der Waals surface area contributed by atoms with Gasteiger partial charge in [-0.2, -0.15) is 0 Å². The Kier molecular flexibility index (Phi) is 5.80. The van der Waals surface area contributed by atoms with Crippen LogP contribution in [0.2, 0.25) is 0 Å². The van der Waals surface area contributed by atoms with Crippen molar-refractivity contribution in [1.82, 2.24) is 15.6 Å². The van der Waals surface area contributed by atoms with Gasteiger partial charge in [-0.15, -0.1) is 0 Å². The molecule has 5 nitrogen and oxygen atoms in total. The number of rotatable bonds is 6. The van der Waals surface area contributed by atoms with Crippen LogP contribution in [-0.2, 0) is 0 Å². The minimum atomic E-state index is -0.155. The van der Waals surface area contributed by atoms with Crippen molar-refractivity contribution in [1.29, 1.82) is 0 Å². The van der Waals surface area contributed by atoms with E-state index >= 15 is 0 Å². The number of nitrogens with zero attached hydrogens (tertiary/aromatic N) is 1. The molecule has 0 aliphatic carbocycles. The predicted molar refractivity (Wildman–Crippen MR) is 93.3 cm³/mol. The second-order valence-electron chi connectivity index (χ2n) is 6.05.